The summed E-state index contributed by atoms with van der Waals surface area (Å²) in [5.74, 6) is -0.571. The lowest BCUT2D eigenvalue weighted by atomic mass is 9.73. The normalized spacial score (nSPS) is 18.6. The van der Waals surface area contributed by atoms with Gasteiger partial charge in [-0.15, -0.1) is 0 Å². The molecule has 1 aliphatic carbocycles. The molecule has 0 aromatic heterocycles. The van der Waals surface area contributed by atoms with E-state index in [2.05, 4.69) is 5.32 Å². The van der Waals surface area contributed by atoms with Crippen LogP contribution >= 0.6 is 0 Å². The third kappa shape index (κ3) is 3.87. The number of nitrogens with one attached hydrogen (secondary N) is 1. The number of hydrogen-bond acceptors (Lipinski definition) is 4. The van der Waals surface area contributed by atoms with Crippen LogP contribution in [0.5, 0.6) is 0 Å². The molecule has 0 bridgehead atoms. The van der Waals surface area contributed by atoms with E-state index in [1.165, 1.54) is 6.42 Å². The SMILES string of the molecule is CCNCCOC(=O)C(O)(c1ccccc1)C1CCCCC1. The van der Waals surface area contributed by atoms with Gasteiger partial charge < -0.3 is 15.2 Å². The maximum Gasteiger partial charge on any atom is 0.343 e. The Hall–Kier alpha value is -1.39. The number of esters is 1. The van der Waals surface area contributed by atoms with Crippen molar-refractivity contribution < 1.29 is 14.6 Å². The van der Waals surface area contributed by atoms with Crippen molar-refractivity contribution in [2.24, 2.45) is 5.92 Å². The van der Waals surface area contributed by atoms with Crippen molar-refractivity contribution >= 4 is 5.97 Å². The lowest BCUT2D eigenvalue weighted by Crippen LogP contribution is -2.45. The van der Waals surface area contributed by atoms with Crippen molar-refractivity contribution in [3.05, 3.63) is 35.9 Å². The molecule has 1 atom stereocenters. The van der Waals surface area contributed by atoms with Gasteiger partial charge in [-0.2, -0.15) is 0 Å². The Bertz CT molecular complexity index is 457. The van der Waals surface area contributed by atoms with Crippen LogP contribution in [0.2, 0.25) is 0 Å². The molecule has 0 spiro atoms. The van der Waals surface area contributed by atoms with Gasteiger partial charge in [0.1, 0.15) is 6.61 Å². The van der Waals surface area contributed by atoms with Crippen LogP contribution in [0.4, 0.5) is 0 Å². The Morgan fingerprint density at radius 2 is 1.95 bits per heavy atom. The first kappa shape index (κ1) is 17.0. The summed E-state index contributed by atoms with van der Waals surface area (Å²) >= 11 is 0. The monoisotopic (exact) mass is 305 g/mol. The van der Waals surface area contributed by atoms with Gasteiger partial charge in [0.15, 0.2) is 5.60 Å². The minimum absolute atomic E-state index is 0.0599. The molecule has 0 amide bonds. The highest BCUT2D eigenvalue weighted by Crippen LogP contribution is 2.40. The summed E-state index contributed by atoms with van der Waals surface area (Å²) in [6.07, 6.45) is 5.03. The average Bonchev–Trinajstić information content (AvgIpc) is 2.59. The summed E-state index contributed by atoms with van der Waals surface area (Å²) in [5.41, 5.74) is -0.871. The highest BCUT2D eigenvalue weighted by Gasteiger charge is 2.46. The van der Waals surface area contributed by atoms with E-state index in [-0.39, 0.29) is 12.5 Å². The topological polar surface area (TPSA) is 58.6 Å². The fourth-order valence-electron chi connectivity index (χ4n) is 3.24. The van der Waals surface area contributed by atoms with Crippen molar-refractivity contribution in [3.8, 4) is 0 Å². The highest BCUT2D eigenvalue weighted by molar-refractivity contribution is 5.81. The molecule has 4 nitrogen and oxygen atoms in total. The molecule has 1 aromatic carbocycles. The molecule has 0 saturated heterocycles. The summed E-state index contributed by atoms with van der Waals surface area (Å²) in [6, 6.07) is 9.24. The predicted octanol–water partition coefficient (Wildman–Crippen LogP) is 2.61. The zero-order valence-corrected chi connectivity index (χ0v) is 13.4. The van der Waals surface area contributed by atoms with Gasteiger partial charge in [-0.1, -0.05) is 56.5 Å². The van der Waals surface area contributed by atoms with Crippen LogP contribution in [-0.4, -0.2) is 30.8 Å². The summed E-state index contributed by atoms with van der Waals surface area (Å²) in [6.45, 7) is 3.74. The Labute approximate surface area is 132 Å². The number of aliphatic hydroxyl groups is 1. The van der Waals surface area contributed by atoms with E-state index in [1.807, 2.05) is 37.3 Å². The van der Waals surface area contributed by atoms with Crippen LogP contribution in [-0.2, 0) is 15.1 Å². The van der Waals surface area contributed by atoms with E-state index >= 15 is 0 Å². The lowest BCUT2D eigenvalue weighted by molar-refractivity contribution is -0.175. The zero-order chi connectivity index (χ0) is 15.8. The third-order valence-electron chi connectivity index (χ3n) is 4.48. The fourth-order valence-corrected chi connectivity index (χ4v) is 3.24. The Morgan fingerprint density at radius 1 is 1.27 bits per heavy atom. The van der Waals surface area contributed by atoms with Gasteiger partial charge in [0.05, 0.1) is 0 Å². The minimum Gasteiger partial charge on any atom is -0.462 e. The fraction of sp³-hybridized carbons (Fsp3) is 0.611. The first-order valence-electron chi connectivity index (χ1n) is 8.35. The number of hydrogen-bond donors (Lipinski definition) is 2. The van der Waals surface area contributed by atoms with E-state index in [0.29, 0.717) is 12.1 Å². The van der Waals surface area contributed by atoms with Gasteiger partial charge in [-0.25, -0.2) is 4.79 Å². The maximum absolute atomic E-state index is 12.6. The third-order valence-corrected chi connectivity index (χ3v) is 4.48. The molecule has 0 radical (unpaired) electrons. The standard InChI is InChI=1S/C18H27NO3/c1-2-19-13-14-22-17(20)18(21,15-9-5-3-6-10-15)16-11-7-4-8-12-16/h3,5-6,9-10,16,19,21H,2,4,7-8,11-14H2,1H3. The number of likely N-dealkylation sites (N-methyl/N-ethyl adjacent to an activating group) is 1. The summed E-state index contributed by atoms with van der Waals surface area (Å²) in [5, 5.41) is 14.4. The van der Waals surface area contributed by atoms with Crippen molar-refractivity contribution in [3.63, 3.8) is 0 Å². The van der Waals surface area contributed by atoms with Crippen LogP contribution in [0.15, 0.2) is 30.3 Å². The summed E-state index contributed by atoms with van der Waals surface area (Å²) in [7, 11) is 0. The van der Waals surface area contributed by atoms with Crippen molar-refractivity contribution in [2.45, 2.75) is 44.6 Å². The molecule has 1 aliphatic rings. The number of carbonyl (C=O) groups excluding carboxylic acids is 1. The number of ether oxygens (including phenoxy) is 1. The molecule has 122 valence electrons. The second kappa shape index (κ2) is 8.30. The lowest BCUT2D eigenvalue weighted by Gasteiger charge is -2.36. The van der Waals surface area contributed by atoms with Crippen LogP contribution < -0.4 is 5.32 Å². The van der Waals surface area contributed by atoms with Crippen molar-refractivity contribution in [1.29, 1.82) is 0 Å². The quantitative estimate of drug-likeness (QED) is 0.600. The van der Waals surface area contributed by atoms with E-state index in [4.69, 9.17) is 4.74 Å². The number of carbonyl (C=O) groups is 1. The van der Waals surface area contributed by atoms with Gasteiger partial charge >= 0.3 is 5.97 Å². The van der Waals surface area contributed by atoms with E-state index < -0.39 is 11.6 Å². The minimum atomic E-state index is -1.52. The highest BCUT2D eigenvalue weighted by atomic mass is 16.5. The van der Waals surface area contributed by atoms with E-state index in [1.54, 1.807) is 0 Å². The van der Waals surface area contributed by atoms with Gasteiger partial charge in [0.2, 0.25) is 0 Å². The number of benzene rings is 1. The van der Waals surface area contributed by atoms with Gasteiger partial charge in [-0.05, 0) is 24.9 Å². The van der Waals surface area contributed by atoms with E-state index in [9.17, 15) is 9.90 Å². The molecule has 0 heterocycles. The summed E-state index contributed by atoms with van der Waals surface area (Å²) < 4.78 is 5.37. The molecule has 22 heavy (non-hydrogen) atoms. The molecule has 1 saturated carbocycles. The molecular weight excluding hydrogens is 278 g/mol. The van der Waals surface area contributed by atoms with Crippen molar-refractivity contribution in [1.82, 2.24) is 5.32 Å². The Balaban J connectivity index is 2.15. The van der Waals surface area contributed by atoms with Crippen LogP contribution in [0.3, 0.4) is 0 Å². The molecule has 4 heteroatoms. The molecule has 1 fully saturated rings. The van der Waals surface area contributed by atoms with Crippen LogP contribution in [0.1, 0.15) is 44.6 Å². The van der Waals surface area contributed by atoms with Crippen LogP contribution in [0, 0.1) is 5.92 Å². The first-order valence-corrected chi connectivity index (χ1v) is 8.35. The van der Waals surface area contributed by atoms with Gasteiger partial charge in [0, 0.05) is 12.5 Å². The largest absolute Gasteiger partial charge is 0.462 e. The molecular formula is C18H27NO3. The summed E-state index contributed by atoms with van der Waals surface area (Å²) in [4.78, 5) is 12.6. The Morgan fingerprint density at radius 3 is 2.59 bits per heavy atom. The molecule has 0 aliphatic heterocycles. The zero-order valence-electron chi connectivity index (χ0n) is 13.4. The first-order chi connectivity index (χ1) is 10.7. The average molecular weight is 305 g/mol. The van der Waals surface area contributed by atoms with E-state index in [0.717, 1.165) is 32.2 Å². The molecule has 1 unspecified atom stereocenters. The molecule has 2 rings (SSSR count). The second-order valence-corrected chi connectivity index (χ2v) is 5.96. The molecule has 2 N–H and O–H groups in total. The van der Waals surface area contributed by atoms with Gasteiger partial charge in [-0.3, -0.25) is 0 Å². The predicted molar refractivity (Wildman–Crippen MR) is 86.4 cm³/mol. The number of rotatable bonds is 7. The smallest absolute Gasteiger partial charge is 0.343 e. The second-order valence-electron chi connectivity index (χ2n) is 5.96. The van der Waals surface area contributed by atoms with Crippen molar-refractivity contribution in [2.75, 3.05) is 19.7 Å². The van der Waals surface area contributed by atoms with Gasteiger partial charge in [0.25, 0.3) is 0 Å². The Kier molecular flexibility index (Phi) is 6.40. The molecule has 1 aromatic rings. The maximum atomic E-state index is 12.6. The van der Waals surface area contributed by atoms with Crippen LogP contribution in [0.25, 0.3) is 0 Å².